The van der Waals surface area contributed by atoms with Crippen molar-refractivity contribution in [2.45, 2.75) is 25.9 Å². The lowest BCUT2D eigenvalue weighted by Crippen LogP contribution is -2.44. The van der Waals surface area contributed by atoms with Gasteiger partial charge in [-0.1, -0.05) is 0 Å². The Morgan fingerprint density at radius 1 is 1.31 bits per heavy atom. The first-order valence-electron chi connectivity index (χ1n) is 8.57. The van der Waals surface area contributed by atoms with E-state index in [0.29, 0.717) is 44.3 Å². The van der Waals surface area contributed by atoms with Crippen molar-refractivity contribution in [1.29, 1.82) is 0 Å². The molecule has 0 unspecified atom stereocenters. The fourth-order valence-corrected chi connectivity index (χ4v) is 2.72. The number of rotatable bonds is 5. The van der Waals surface area contributed by atoms with Crippen LogP contribution in [0.15, 0.2) is 36.7 Å². The van der Waals surface area contributed by atoms with Crippen LogP contribution < -0.4 is 14.8 Å². The zero-order valence-corrected chi connectivity index (χ0v) is 14.5. The molecule has 2 amide bonds. The van der Waals surface area contributed by atoms with Gasteiger partial charge in [0.1, 0.15) is 17.7 Å². The Kier molecular flexibility index (Phi) is 5.83. The van der Waals surface area contributed by atoms with E-state index < -0.39 is 5.82 Å². The second kappa shape index (κ2) is 8.46. The molecule has 1 aliphatic rings. The molecule has 3 rings (SSSR count). The molecule has 0 saturated carbocycles. The van der Waals surface area contributed by atoms with Crippen LogP contribution in [0.5, 0.6) is 11.8 Å². The van der Waals surface area contributed by atoms with Crippen LogP contribution in [-0.4, -0.2) is 46.7 Å². The molecular weight excluding hydrogens is 339 g/mol. The number of carbonyl (C=O) groups excluding carboxylic acids is 1. The molecule has 8 heteroatoms. The number of ether oxygens (including phenoxy) is 2. The minimum Gasteiger partial charge on any atom is -0.494 e. The van der Waals surface area contributed by atoms with Gasteiger partial charge in [-0.25, -0.2) is 19.2 Å². The molecule has 0 atom stereocenters. The molecule has 2 aromatic rings. The zero-order chi connectivity index (χ0) is 18.4. The lowest BCUT2D eigenvalue weighted by Gasteiger charge is -2.31. The predicted octanol–water partition coefficient (Wildman–Crippen LogP) is 3.09. The summed E-state index contributed by atoms with van der Waals surface area (Å²) in [4.78, 5) is 22.1. The molecule has 1 N–H and O–H groups in total. The molecule has 1 aromatic heterocycles. The Bertz CT molecular complexity index is 736. The minimum atomic E-state index is -0.524. The Labute approximate surface area is 151 Å². The second-order valence-electron chi connectivity index (χ2n) is 5.84. The number of likely N-dealkylation sites (tertiary alicyclic amines) is 1. The molecule has 1 aromatic carbocycles. The van der Waals surface area contributed by atoms with Gasteiger partial charge in [-0.15, -0.1) is 0 Å². The van der Waals surface area contributed by atoms with Gasteiger partial charge in [-0.05, 0) is 25.1 Å². The summed E-state index contributed by atoms with van der Waals surface area (Å²) in [6.45, 7) is 3.31. The summed E-state index contributed by atoms with van der Waals surface area (Å²) in [5.41, 5.74) is 0.134. The fraction of sp³-hybridized carbons (Fsp3) is 0.389. The number of aromatic nitrogens is 2. The summed E-state index contributed by atoms with van der Waals surface area (Å²) in [5.74, 6) is -0.0900. The van der Waals surface area contributed by atoms with E-state index in [-0.39, 0.29) is 17.8 Å². The van der Waals surface area contributed by atoms with Crippen LogP contribution >= 0.6 is 0 Å². The zero-order valence-electron chi connectivity index (χ0n) is 14.5. The van der Waals surface area contributed by atoms with Crippen molar-refractivity contribution < 1.29 is 18.7 Å². The average Bonchev–Trinajstić information content (AvgIpc) is 2.65. The predicted molar refractivity (Wildman–Crippen MR) is 93.8 cm³/mol. The highest BCUT2D eigenvalue weighted by Crippen LogP contribution is 2.22. The van der Waals surface area contributed by atoms with Gasteiger partial charge in [0.25, 0.3) is 0 Å². The van der Waals surface area contributed by atoms with Gasteiger partial charge >= 0.3 is 12.0 Å². The van der Waals surface area contributed by atoms with E-state index in [4.69, 9.17) is 9.47 Å². The van der Waals surface area contributed by atoms with Crippen LogP contribution in [0.2, 0.25) is 0 Å². The smallest absolute Gasteiger partial charge is 0.321 e. The molecular formula is C18H21FN4O3. The monoisotopic (exact) mass is 360 g/mol. The summed E-state index contributed by atoms with van der Waals surface area (Å²) in [6.07, 6.45) is 4.53. The van der Waals surface area contributed by atoms with E-state index in [1.54, 1.807) is 29.4 Å². The summed E-state index contributed by atoms with van der Waals surface area (Å²) in [6, 6.07) is 6.12. The number of benzene rings is 1. The normalized spacial score (nSPS) is 14.8. The first kappa shape index (κ1) is 17.9. The topological polar surface area (TPSA) is 76.6 Å². The highest BCUT2D eigenvalue weighted by Gasteiger charge is 2.25. The summed E-state index contributed by atoms with van der Waals surface area (Å²) in [7, 11) is 0. The number of urea groups is 1. The Balaban J connectivity index is 1.51. The van der Waals surface area contributed by atoms with E-state index in [2.05, 4.69) is 15.3 Å². The summed E-state index contributed by atoms with van der Waals surface area (Å²) in [5, 5.41) is 2.60. The maximum absolute atomic E-state index is 14.1. The van der Waals surface area contributed by atoms with Crippen LogP contribution in [0.1, 0.15) is 19.8 Å². The number of nitrogens with zero attached hydrogens (tertiary/aromatic N) is 3. The number of carbonyl (C=O) groups is 1. The highest BCUT2D eigenvalue weighted by molar-refractivity contribution is 5.89. The van der Waals surface area contributed by atoms with Crippen LogP contribution in [0.4, 0.5) is 14.9 Å². The Hall–Kier alpha value is -2.90. The van der Waals surface area contributed by atoms with Gasteiger partial charge in [0.05, 0.1) is 12.3 Å². The van der Waals surface area contributed by atoms with Gasteiger partial charge in [0, 0.05) is 44.4 Å². The van der Waals surface area contributed by atoms with E-state index in [1.165, 1.54) is 12.1 Å². The van der Waals surface area contributed by atoms with Gasteiger partial charge < -0.3 is 19.7 Å². The number of hydrogen-bond donors (Lipinski definition) is 1. The number of piperidine rings is 1. The minimum absolute atomic E-state index is 0.0383. The Morgan fingerprint density at radius 3 is 2.69 bits per heavy atom. The van der Waals surface area contributed by atoms with Crippen LogP contribution in [0.25, 0.3) is 0 Å². The van der Waals surface area contributed by atoms with Crippen LogP contribution in [0, 0.1) is 5.82 Å². The van der Waals surface area contributed by atoms with Crippen molar-refractivity contribution in [2.75, 3.05) is 25.0 Å². The molecule has 0 aliphatic carbocycles. The first-order valence-corrected chi connectivity index (χ1v) is 8.57. The third kappa shape index (κ3) is 4.59. The van der Waals surface area contributed by atoms with E-state index in [1.807, 2.05) is 6.92 Å². The molecule has 0 spiro atoms. The van der Waals surface area contributed by atoms with E-state index in [9.17, 15) is 9.18 Å². The maximum Gasteiger partial charge on any atom is 0.321 e. The summed E-state index contributed by atoms with van der Waals surface area (Å²) >= 11 is 0. The van der Waals surface area contributed by atoms with Crippen molar-refractivity contribution in [2.24, 2.45) is 0 Å². The molecule has 7 nitrogen and oxygen atoms in total. The summed E-state index contributed by atoms with van der Waals surface area (Å²) < 4.78 is 25.0. The third-order valence-corrected chi connectivity index (χ3v) is 4.04. The third-order valence-electron chi connectivity index (χ3n) is 4.04. The van der Waals surface area contributed by atoms with Crippen molar-refractivity contribution in [3.05, 3.63) is 42.5 Å². The van der Waals surface area contributed by atoms with Crippen LogP contribution in [0.3, 0.4) is 0 Å². The number of hydrogen-bond acceptors (Lipinski definition) is 5. The molecule has 1 saturated heterocycles. The molecule has 138 valence electrons. The molecule has 0 bridgehead atoms. The van der Waals surface area contributed by atoms with Gasteiger partial charge in [-0.2, -0.15) is 0 Å². The first-order chi connectivity index (χ1) is 12.7. The van der Waals surface area contributed by atoms with Crippen molar-refractivity contribution in [3.63, 3.8) is 0 Å². The van der Waals surface area contributed by atoms with Crippen molar-refractivity contribution >= 4 is 11.7 Å². The second-order valence-corrected chi connectivity index (χ2v) is 5.84. The quantitative estimate of drug-likeness (QED) is 0.887. The van der Waals surface area contributed by atoms with Crippen LogP contribution in [-0.2, 0) is 0 Å². The van der Waals surface area contributed by atoms with E-state index in [0.717, 1.165) is 0 Å². The lowest BCUT2D eigenvalue weighted by molar-refractivity contribution is 0.107. The van der Waals surface area contributed by atoms with Crippen molar-refractivity contribution in [3.8, 4) is 11.8 Å². The molecule has 0 radical (unpaired) electrons. The molecule has 26 heavy (non-hydrogen) atoms. The number of anilines is 1. The average molecular weight is 360 g/mol. The fourth-order valence-electron chi connectivity index (χ4n) is 2.72. The van der Waals surface area contributed by atoms with E-state index >= 15 is 0 Å². The van der Waals surface area contributed by atoms with Gasteiger partial charge in [0.15, 0.2) is 0 Å². The van der Waals surface area contributed by atoms with Gasteiger partial charge in [-0.3, -0.25) is 0 Å². The maximum atomic E-state index is 14.1. The standard InChI is InChI=1S/C18H21FN4O3/c1-2-25-14-4-5-16(15(19)12-14)22-18(24)23-10-6-13(7-11-23)26-17-20-8-3-9-21-17/h3-5,8-9,12-13H,2,6-7,10-11H2,1H3,(H,22,24). The SMILES string of the molecule is CCOc1ccc(NC(=O)N2CCC(Oc3ncccn3)CC2)c(F)c1. The number of halogens is 1. The molecule has 1 fully saturated rings. The lowest BCUT2D eigenvalue weighted by atomic mass is 10.1. The van der Waals surface area contributed by atoms with Crippen molar-refractivity contribution in [1.82, 2.24) is 14.9 Å². The highest BCUT2D eigenvalue weighted by atomic mass is 19.1. The molecule has 2 heterocycles. The number of nitrogens with one attached hydrogen (secondary N) is 1. The van der Waals surface area contributed by atoms with Gasteiger partial charge in [0.2, 0.25) is 0 Å². The largest absolute Gasteiger partial charge is 0.494 e. The number of amides is 2. The Morgan fingerprint density at radius 2 is 2.04 bits per heavy atom. The molecule has 1 aliphatic heterocycles.